The molecule has 1 aliphatic carbocycles. The summed E-state index contributed by atoms with van der Waals surface area (Å²) in [4.78, 5) is 2.42. The molecule has 1 aliphatic heterocycles. The first kappa shape index (κ1) is 17.9. The van der Waals surface area contributed by atoms with Crippen LogP contribution >= 0.6 is 0 Å². The van der Waals surface area contributed by atoms with Crippen molar-refractivity contribution in [1.82, 2.24) is 14.7 Å². The Hall–Kier alpha value is -0.880. The molecule has 1 aromatic rings. The molecule has 0 unspecified atom stereocenters. The summed E-state index contributed by atoms with van der Waals surface area (Å²) in [6.45, 7) is 6.21. The quantitative estimate of drug-likeness (QED) is 0.817. The molecule has 6 heteroatoms. The smallest absolute Gasteiger partial charge is 0.152 e. The van der Waals surface area contributed by atoms with E-state index >= 15 is 0 Å². The number of hydrogen-bond acceptors (Lipinski definition) is 4. The molecule has 2 aliphatic rings. The number of aromatic nitrogens is 2. The van der Waals surface area contributed by atoms with Gasteiger partial charge in [-0.05, 0) is 46.1 Å². The van der Waals surface area contributed by atoms with Gasteiger partial charge in [0, 0.05) is 24.3 Å². The summed E-state index contributed by atoms with van der Waals surface area (Å²) in [5.74, 6) is 1.37. The van der Waals surface area contributed by atoms with E-state index in [1.807, 2.05) is 4.68 Å². The van der Waals surface area contributed by atoms with Crippen molar-refractivity contribution in [2.45, 2.75) is 65.0 Å². The zero-order valence-electron chi connectivity index (χ0n) is 15.3. The molecule has 3 rings (SSSR count). The van der Waals surface area contributed by atoms with Crippen LogP contribution in [-0.4, -0.2) is 48.2 Å². The van der Waals surface area contributed by atoms with Crippen LogP contribution in [0.4, 0.5) is 0 Å². The van der Waals surface area contributed by atoms with Crippen LogP contribution in [0, 0.1) is 19.8 Å². The summed E-state index contributed by atoms with van der Waals surface area (Å²) in [6.07, 6.45) is 7.58. The van der Waals surface area contributed by atoms with Gasteiger partial charge in [-0.15, -0.1) is 0 Å². The Bertz CT molecular complexity index is 675. The largest absolute Gasteiger partial charge is 0.302 e. The van der Waals surface area contributed by atoms with Crippen LogP contribution in [0.1, 0.15) is 61.5 Å². The van der Waals surface area contributed by atoms with Gasteiger partial charge in [0.05, 0.1) is 23.2 Å². The van der Waals surface area contributed by atoms with E-state index in [1.165, 1.54) is 37.7 Å². The second kappa shape index (κ2) is 7.16. The van der Waals surface area contributed by atoms with Gasteiger partial charge < -0.3 is 4.90 Å². The molecule has 0 bridgehead atoms. The summed E-state index contributed by atoms with van der Waals surface area (Å²) in [5, 5.41) is 4.68. The molecule has 5 nitrogen and oxygen atoms in total. The molecule has 2 fully saturated rings. The Balaban J connectivity index is 1.67. The average molecular weight is 354 g/mol. The minimum absolute atomic E-state index is 0.0195. The predicted octanol–water partition coefficient (Wildman–Crippen LogP) is 2.87. The van der Waals surface area contributed by atoms with Crippen LogP contribution in [0.25, 0.3) is 0 Å². The zero-order chi connectivity index (χ0) is 17.3. The highest BCUT2D eigenvalue weighted by atomic mass is 32.2. The van der Waals surface area contributed by atoms with Crippen molar-refractivity contribution in [2.75, 3.05) is 25.1 Å². The van der Waals surface area contributed by atoms with Gasteiger partial charge in [-0.3, -0.25) is 4.68 Å². The van der Waals surface area contributed by atoms with E-state index in [9.17, 15) is 8.42 Å². The fourth-order valence-corrected chi connectivity index (χ4v) is 6.09. The number of rotatable bonds is 5. The van der Waals surface area contributed by atoms with Crippen LogP contribution in [0.5, 0.6) is 0 Å². The van der Waals surface area contributed by atoms with Crippen molar-refractivity contribution in [3.63, 3.8) is 0 Å². The van der Waals surface area contributed by atoms with E-state index in [-0.39, 0.29) is 11.8 Å². The van der Waals surface area contributed by atoms with E-state index in [0.29, 0.717) is 12.2 Å². The molecule has 1 aromatic heterocycles. The summed E-state index contributed by atoms with van der Waals surface area (Å²) < 4.78 is 25.5. The summed E-state index contributed by atoms with van der Waals surface area (Å²) in [7, 11) is -0.678. The standard InChI is InChI=1S/C18H31N3O2S/c1-14-18(12-20(3)11-16-7-5-4-6-8-16)15(2)21(19-14)17-9-10-24(22,23)13-17/h16-17H,4-13H2,1-3H3/t17-/m1/s1. The molecule has 24 heavy (non-hydrogen) atoms. The van der Waals surface area contributed by atoms with Crippen molar-refractivity contribution in [1.29, 1.82) is 0 Å². The summed E-state index contributed by atoms with van der Waals surface area (Å²) >= 11 is 0. The third-order valence-corrected chi connectivity index (χ3v) is 7.50. The second-order valence-corrected chi connectivity index (χ2v) is 10.1. The Kier molecular flexibility index (Phi) is 5.35. The van der Waals surface area contributed by atoms with Gasteiger partial charge >= 0.3 is 0 Å². The SMILES string of the molecule is Cc1nn([C@@H]2CCS(=O)(=O)C2)c(C)c1CN(C)CC1CCCCC1. The van der Waals surface area contributed by atoms with Crippen LogP contribution in [0.3, 0.4) is 0 Å². The molecule has 0 aromatic carbocycles. The lowest BCUT2D eigenvalue weighted by molar-refractivity contribution is 0.227. The lowest BCUT2D eigenvalue weighted by atomic mass is 9.89. The van der Waals surface area contributed by atoms with Crippen molar-refractivity contribution in [3.05, 3.63) is 17.0 Å². The topological polar surface area (TPSA) is 55.2 Å². The van der Waals surface area contributed by atoms with Gasteiger partial charge in [0.2, 0.25) is 0 Å². The monoisotopic (exact) mass is 353 g/mol. The van der Waals surface area contributed by atoms with Gasteiger partial charge in [0.1, 0.15) is 0 Å². The molecule has 136 valence electrons. The van der Waals surface area contributed by atoms with Gasteiger partial charge in [-0.1, -0.05) is 19.3 Å². The predicted molar refractivity (Wildman–Crippen MR) is 96.9 cm³/mol. The first-order valence-electron chi connectivity index (χ1n) is 9.29. The lowest BCUT2D eigenvalue weighted by Crippen LogP contribution is -2.27. The van der Waals surface area contributed by atoms with Crippen molar-refractivity contribution >= 4 is 9.84 Å². The highest BCUT2D eigenvalue weighted by molar-refractivity contribution is 7.91. The molecule has 2 heterocycles. The van der Waals surface area contributed by atoms with Gasteiger partial charge in [0.15, 0.2) is 9.84 Å². The summed E-state index contributed by atoms with van der Waals surface area (Å²) in [5.41, 5.74) is 3.47. The van der Waals surface area contributed by atoms with Crippen LogP contribution in [0.2, 0.25) is 0 Å². The third-order valence-electron chi connectivity index (χ3n) is 5.75. The maximum absolute atomic E-state index is 11.8. The van der Waals surface area contributed by atoms with Gasteiger partial charge in [-0.2, -0.15) is 5.10 Å². The van der Waals surface area contributed by atoms with Gasteiger partial charge in [-0.25, -0.2) is 8.42 Å². The highest BCUT2D eigenvalue weighted by Crippen LogP contribution is 2.28. The normalized spacial score (nSPS) is 24.8. The fourth-order valence-electron chi connectivity index (χ4n) is 4.39. The molecule has 0 N–H and O–H groups in total. The highest BCUT2D eigenvalue weighted by Gasteiger charge is 2.31. The van der Waals surface area contributed by atoms with Crippen molar-refractivity contribution in [2.24, 2.45) is 5.92 Å². The molecule has 1 saturated heterocycles. The maximum Gasteiger partial charge on any atom is 0.152 e. The molecule has 0 amide bonds. The van der Waals surface area contributed by atoms with Crippen LogP contribution in [-0.2, 0) is 16.4 Å². The number of aryl methyl sites for hydroxylation is 1. The first-order chi connectivity index (χ1) is 11.4. The third kappa shape index (κ3) is 4.02. The van der Waals surface area contributed by atoms with E-state index in [0.717, 1.165) is 30.4 Å². The van der Waals surface area contributed by atoms with E-state index in [2.05, 4.69) is 30.9 Å². The zero-order valence-corrected chi connectivity index (χ0v) is 16.1. The minimum Gasteiger partial charge on any atom is -0.302 e. The molecule has 1 saturated carbocycles. The van der Waals surface area contributed by atoms with E-state index < -0.39 is 9.84 Å². The number of hydrogen-bond donors (Lipinski definition) is 0. The average Bonchev–Trinajstić information content (AvgIpc) is 3.02. The lowest BCUT2D eigenvalue weighted by Gasteiger charge is -2.27. The van der Waals surface area contributed by atoms with E-state index in [4.69, 9.17) is 0 Å². The van der Waals surface area contributed by atoms with Crippen molar-refractivity contribution < 1.29 is 8.42 Å². The fraction of sp³-hybridized carbons (Fsp3) is 0.833. The second-order valence-electron chi connectivity index (χ2n) is 7.85. The maximum atomic E-state index is 11.8. The van der Waals surface area contributed by atoms with Gasteiger partial charge in [0.25, 0.3) is 0 Å². The number of sulfone groups is 1. The van der Waals surface area contributed by atoms with Crippen molar-refractivity contribution in [3.8, 4) is 0 Å². The molecular weight excluding hydrogens is 322 g/mol. The molecule has 0 radical (unpaired) electrons. The Labute approximate surface area is 146 Å². The van der Waals surface area contributed by atoms with Crippen LogP contribution < -0.4 is 0 Å². The molecule has 0 spiro atoms. The molecule has 1 atom stereocenters. The Morgan fingerprint density at radius 3 is 2.50 bits per heavy atom. The molecular formula is C18H31N3O2S. The number of nitrogens with zero attached hydrogens (tertiary/aromatic N) is 3. The Morgan fingerprint density at radius 1 is 1.17 bits per heavy atom. The summed E-state index contributed by atoms with van der Waals surface area (Å²) in [6, 6.07) is 0.0195. The first-order valence-corrected chi connectivity index (χ1v) is 11.1. The van der Waals surface area contributed by atoms with E-state index in [1.54, 1.807) is 0 Å². The Morgan fingerprint density at radius 2 is 1.88 bits per heavy atom. The van der Waals surface area contributed by atoms with Crippen LogP contribution in [0.15, 0.2) is 0 Å². The minimum atomic E-state index is -2.88.